The maximum absolute atomic E-state index is 12.4. The SMILES string of the molecule is C=C(NC(=O)C(C)NC(=O)c1csc(-c2ccc(NC(=O)OC(C)(C)C)cc2)n1)C(=O)OC. The van der Waals surface area contributed by atoms with Crippen molar-refractivity contribution in [2.75, 3.05) is 12.4 Å². The molecule has 0 fully saturated rings. The van der Waals surface area contributed by atoms with E-state index < -0.39 is 35.5 Å². The number of carbonyl (C=O) groups is 4. The van der Waals surface area contributed by atoms with Crippen molar-refractivity contribution in [2.45, 2.75) is 39.3 Å². The Morgan fingerprint density at radius 1 is 1.12 bits per heavy atom. The van der Waals surface area contributed by atoms with Crippen molar-refractivity contribution < 1.29 is 28.7 Å². The molecule has 0 aliphatic heterocycles. The lowest BCUT2D eigenvalue weighted by atomic mass is 10.2. The molecule has 3 amide bonds. The van der Waals surface area contributed by atoms with E-state index in [-0.39, 0.29) is 11.4 Å². The Morgan fingerprint density at radius 3 is 2.33 bits per heavy atom. The van der Waals surface area contributed by atoms with Gasteiger partial charge in [-0.05, 0) is 52.0 Å². The van der Waals surface area contributed by atoms with Crippen LogP contribution in [0.4, 0.5) is 10.5 Å². The van der Waals surface area contributed by atoms with Crippen molar-refractivity contribution in [2.24, 2.45) is 0 Å². The molecular weight excluding hydrogens is 448 g/mol. The normalized spacial score (nSPS) is 11.7. The van der Waals surface area contributed by atoms with Gasteiger partial charge in [-0.1, -0.05) is 6.58 Å². The largest absolute Gasteiger partial charge is 0.464 e. The predicted molar refractivity (Wildman–Crippen MR) is 124 cm³/mol. The Bertz CT molecular complexity index is 1060. The third-order valence-corrected chi connectivity index (χ3v) is 4.85. The van der Waals surface area contributed by atoms with Crippen LogP contribution < -0.4 is 16.0 Å². The number of anilines is 1. The molecule has 1 atom stereocenters. The lowest BCUT2D eigenvalue weighted by Crippen LogP contribution is -2.45. The van der Waals surface area contributed by atoms with Gasteiger partial charge in [0.2, 0.25) is 5.91 Å². The van der Waals surface area contributed by atoms with Crippen LogP contribution in [0.2, 0.25) is 0 Å². The van der Waals surface area contributed by atoms with Crippen molar-refractivity contribution in [3.8, 4) is 10.6 Å². The number of hydrogen-bond donors (Lipinski definition) is 3. The number of carbonyl (C=O) groups excluding carboxylic acids is 4. The van der Waals surface area contributed by atoms with Gasteiger partial charge in [0.05, 0.1) is 7.11 Å². The fourth-order valence-corrected chi connectivity index (χ4v) is 3.20. The molecule has 176 valence electrons. The fourth-order valence-electron chi connectivity index (χ4n) is 2.40. The number of benzene rings is 1. The third kappa shape index (κ3) is 7.72. The first-order chi connectivity index (χ1) is 15.4. The molecule has 10 nitrogen and oxygen atoms in total. The molecule has 3 N–H and O–H groups in total. The third-order valence-electron chi connectivity index (χ3n) is 3.96. The Morgan fingerprint density at radius 2 is 1.76 bits per heavy atom. The van der Waals surface area contributed by atoms with Gasteiger partial charge in [-0.25, -0.2) is 14.6 Å². The Balaban J connectivity index is 1.97. The van der Waals surface area contributed by atoms with Gasteiger partial charge in [0, 0.05) is 16.6 Å². The molecule has 0 spiro atoms. The van der Waals surface area contributed by atoms with Crippen molar-refractivity contribution >= 4 is 40.9 Å². The molecule has 33 heavy (non-hydrogen) atoms. The molecule has 0 aliphatic rings. The summed E-state index contributed by atoms with van der Waals surface area (Å²) in [5.41, 5.74) is 0.599. The Hall–Kier alpha value is -3.73. The predicted octanol–water partition coefficient (Wildman–Crippen LogP) is 3.08. The minimum absolute atomic E-state index is 0.136. The number of amides is 3. The summed E-state index contributed by atoms with van der Waals surface area (Å²) < 4.78 is 9.67. The maximum atomic E-state index is 12.4. The van der Waals surface area contributed by atoms with Crippen LogP contribution in [0.5, 0.6) is 0 Å². The minimum Gasteiger partial charge on any atom is -0.464 e. The molecule has 1 unspecified atom stereocenters. The molecular formula is C22H26N4O6S. The first-order valence-electron chi connectivity index (χ1n) is 9.84. The number of methoxy groups -OCH3 is 1. The quantitative estimate of drug-likeness (QED) is 0.414. The van der Waals surface area contributed by atoms with Crippen LogP contribution in [0.3, 0.4) is 0 Å². The second-order valence-electron chi connectivity index (χ2n) is 7.90. The maximum Gasteiger partial charge on any atom is 0.412 e. The summed E-state index contributed by atoms with van der Waals surface area (Å²) in [6.07, 6.45) is -0.559. The van der Waals surface area contributed by atoms with E-state index in [4.69, 9.17) is 4.74 Å². The van der Waals surface area contributed by atoms with Crippen LogP contribution in [0.15, 0.2) is 41.9 Å². The highest BCUT2D eigenvalue weighted by Gasteiger charge is 2.21. The average Bonchev–Trinajstić information content (AvgIpc) is 3.22. The molecule has 0 radical (unpaired) electrons. The van der Waals surface area contributed by atoms with E-state index in [1.807, 2.05) is 0 Å². The van der Waals surface area contributed by atoms with E-state index in [0.717, 1.165) is 12.7 Å². The molecule has 0 aliphatic carbocycles. The molecule has 0 saturated heterocycles. The van der Waals surface area contributed by atoms with Crippen LogP contribution in [0, 0.1) is 0 Å². The van der Waals surface area contributed by atoms with Crippen LogP contribution >= 0.6 is 11.3 Å². The molecule has 1 aromatic carbocycles. The topological polar surface area (TPSA) is 136 Å². The summed E-state index contributed by atoms with van der Waals surface area (Å²) >= 11 is 1.25. The summed E-state index contributed by atoms with van der Waals surface area (Å²) in [5, 5.41) is 9.57. The standard InChI is InChI=1S/C22H26N4O6S/c1-12(17(27)24-13(2)20(29)31-6)23-18(28)16-11-33-19(26-16)14-7-9-15(10-8-14)25-21(30)32-22(3,4)5/h7-12H,2H2,1,3-6H3,(H,23,28)(H,24,27)(H,25,30). The van der Waals surface area contributed by atoms with E-state index >= 15 is 0 Å². The molecule has 1 heterocycles. The monoisotopic (exact) mass is 474 g/mol. The van der Waals surface area contributed by atoms with Crippen molar-refractivity contribution in [3.63, 3.8) is 0 Å². The van der Waals surface area contributed by atoms with E-state index in [2.05, 4.69) is 32.3 Å². The second kappa shape index (κ2) is 10.7. The summed E-state index contributed by atoms with van der Waals surface area (Å²) in [6, 6.07) is 5.95. The number of ether oxygens (including phenoxy) is 2. The van der Waals surface area contributed by atoms with Gasteiger partial charge in [-0.15, -0.1) is 11.3 Å². The average molecular weight is 475 g/mol. The summed E-state index contributed by atoms with van der Waals surface area (Å²) in [7, 11) is 1.16. The lowest BCUT2D eigenvalue weighted by Gasteiger charge is -2.19. The van der Waals surface area contributed by atoms with Crippen LogP contribution in [0.1, 0.15) is 38.2 Å². The first-order valence-corrected chi connectivity index (χ1v) is 10.7. The number of nitrogens with zero attached hydrogens (tertiary/aromatic N) is 1. The highest BCUT2D eigenvalue weighted by Crippen LogP contribution is 2.25. The van der Waals surface area contributed by atoms with Crippen LogP contribution in [0.25, 0.3) is 10.6 Å². The summed E-state index contributed by atoms with van der Waals surface area (Å²) in [4.78, 5) is 52.0. The zero-order valence-corrected chi connectivity index (χ0v) is 19.8. The number of rotatable bonds is 7. The first kappa shape index (κ1) is 25.5. The number of aromatic nitrogens is 1. The molecule has 11 heteroatoms. The lowest BCUT2D eigenvalue weighted by molar-refractivity contribution is -0.137. The van der Waals surface area contributed by atoms with Crippen molar-refractivity contribution in [3.05, 3.63) is 47.6 Å². The molecule has 2 rings (SSSR count). The van der Waals surface area contributed by atoms with Gasteiger partial charge in [-0.2, -0.15) is 0 Å². The van der Waals surface area contributed by atoms with E-state index in [9.17, 15) is 19.2 Å². The number of esters is 1. The van der Waals surface area contributed by atoms with Crippen LogP contribution in [-0.2, 0) is 19.1 Å². The molecule has 1 aromatic heterocycles. The minimum atomic E-state index is -0.942. The van der Waals surface area contributed by atoms with Crippen LogP contribution in [-0.4, -0.2) is 47.6 Å². The van der Waals surface area contributed by atoms with Gasteiger partial charge in [-0.3, -0.25) is 14.9 Å². The highest BCUT2D eigenvalue weighted by molar-refractivity contribution is 7.13. The van der Waals surface area contributed by atoms with Gasteiger partial charge in [0.25, 0.3) is 5.91 Å². The van der Waals surface area contributed by atoms with Gasteiger partial charge in [0.1, 0.15) is 28.0 Å². The van der Waals surface area contributed by atoms with Crippen molar-refractivity contribution in [1.82, 2.24) is 15.6 Å². The molecule has 0 saturated carbocycles. The zero-order valence-electron chi connectivity index (χ0n) is 19.0. The zero-order chi connectivity index (χ0) is 24.8. The van der Waals surface area contributed by atoms with Crippen molar-refractivity contribution in [1.29, 1.82) is 0 Å². The Labute approximate surface area is 195 Å². The van der Waals surface area contributed by atoms with E-state index in [1.165, 1.54) is 18.3 Å². The number of thiazole rings is 1. The number of nitrogens with one attached hydrogen (secondary N) is 3. The summed E-state index contributed by atoms with van der Waals surface area (Å²) in [5.74, 6) is -1.95. The number of hydrogen-bond acceptors (Lipinski definition) is 8. The Kier molecular flexibility index (Phi) is 8.30. The molecule has 2 aromatic rings. The highest BCUT2D eigenvalue weighted by atomic mass is 32.1. The van der Waals surface area contributed by atoms with E-state index in [0.29, 0.717) is 10.7 Å². The van der Waals surface area contributed by atoms with E-state index in [1.54, 1.807) is 50.4 Å². The second-order valence-corrected chi connectivity index (χ2v) is 8.75. The van der Waals surface area contributed by atoms with Gasteiger partial charge < -0.3 is 20.1 Å². The fraction of sp³-hybridized carbons (Fsp3) is 0.318. The smallest absolute Gasteiger partial charge is 0.412 e. The van der Waals surface area contributed by atoms with Gasteiger partial charge >= 0.3 is 12.1 Å². The van der Waals surface area contributed by atoms with Gasteiger partial charge in [0.15, 0.2) is 0 Å². The molecule has 0 bridgehead atoms. The summed E-state index contributed by atoms with van der Waals surface area (Å²) in [6.45, 7) is 10.2.